The van der Waals surface area contributed by atoms with Gasteiger partial charge in [-0.25, -0.2) is 0 Å². The molecule has 0 radical (unpaired) electrons. The number of aromatic amines is 1. The Kier molecular flexibility index (Phi) is 2.34. The summed E-state index contributed by atoms with van der Waals surface area (Å²) in [6, 6.07) is 2.32. The number of fused-ring (bicyclic) bond motifs is 1. The second kappa shape index (κ2) is 3.95. The van der Waals surface area contributed by atoms with Gasteiger partial charge >= 0.3 is 0 Å². The average Bonchev–Trinajstić information content (AvgIpc) is 2.99. The number of pyridine rings is 1. The fourth-order valence-corrected chi connectivity index (χ4v) is 3.54. The van der Waals surface area contributed by atoms with Crippen LogP contribution in [0.3, 0.4) is 0 Å². The third-order valence-electron chi connectivity index (χ3n) is 4.65. The monoisotopic (exact) mass is 257 g/mol. The molecule has 0 aromatic carbocycles. The molecule has 0 aliphatic heterocycles. The van der Waals surface area contributed by atoms with Crippen molar-refractivity contribution in [1.29, 1.82) is 0 Å². The smallest absolute Gasteiger partial charge is 0.249 e. The van der Waals surface area contributed by atoms with Crippen LogP contribution in [0.15, 0.2) is 10.9 Å². The summed E-state index contributed by atoms with van der Waals surface area (Å²) in [5, 5.41) is 5.89. The molecule has 2 fully saturated rings. The molecule has 0 spiro atoms. The second-order valence-corrected chi connectivity index (χ2v) is 6.06. The van der Waals surface area contributed by atoms with Crippen molar-refractivity contribution in [3.05, 3.63) is 27.7 Å². The number of hydrogen-bond donors (Lipinski definition) is 1. The minimum Gasteiger partial charge on any atom is -0.305 e. The molecule has 0 amide bonds. The van der Waals surface area contributed by atoms with E-state index in [1.807, 2.05) is 0 Å². The number of H-pyrrole nitrogens is 1. The van der Waals surface area contributed by atoms with E-state index in [4.69, 9.17) is 0 Å². The average molecular weight is 257 g/mol. The molecule has 4 rings (SSSR count). The van der Waals surface area contributed by atoms with Crippen LogP contribution in [0.4, 0.5) is 0 Å². The highest BCUT2D eigenvalue weighted by Crippen LogP contribution is 2.43. The number of nitrogens with one attached hydrogen (secondary N) is 1. The van der Waals surface area contributed by atoms with Crippen molar-refractivity contribution in [3.63, 3.8) is 0 Å². The molecule has 0 bridgehead atoms. The molecule has 2 aromatic heterocycles. The third kappa shape index (κ3) is 1.73. The predicted molar refractivity (Wildman–Crippen MR) is 74.6 cm³/mol. The van der Waals surface area contributed by atoms with Crippen molar-refractivity contribution < 1.29 is 0 Å². The summed E-state index contributed by atoms with van der Waals surface area (Å²) in [6.07, 6.45) is 7.47. The maximum atomic E-state index is 11.8. The normalized spacial score (nSPS) is 20.5. The van der Waals surface area contributed by atoms with Crippen LogP contribution in [0.1, 0.15) is 61.7 Å². The molecule has 4 nitrogen and oxygen atoms in total. The minimum absolute atomic E-state index is 0.00882. The van der Waals surface area contributed by atoms with Crippen molar-refractivity contribution in [2.75, 3.05) is 0 Å². The number of rotatable bonds is 2. The van der Waals surface area contributed by atoms with Crippen LogP contribution in [-0.4, -0.2) is 14.8 Å². The van der Waals surface area contributed by atoms with Crippen LogP contribution in [0.2, 0.25) is 0 Å². The van der Waals surface area contributed by atoms with E-state index in [0.29, 0.717) is 12.0 Å². The Morgan fingerprint density at radius 3 is 2.68 bits per heavy atom. The lowest BCUT2D eigenvalue weighted by atomic mass is 10.1. The van der Waals surface area contributed by atoms with Crippen LogP contribution < -0.4 is 5.56 Å². The summed E-state index contributed by atoms with van der Waals surface area (Å²) < 4.78 is 2.17. The molecular weight excluding hydrogens is 238 g/mol. The van der Waals surface area contributed by atoms with Gasteiger partial charge in [0, 0.05) is 17.1 Å². The van der Waals surface area contributed by atoms with Crippen molar-refractivity contribution in [1.82, 2.24) is 14.8 Å². The molecule has 1 N–H and O–H groups in total. The first-order valence-electron chi connectivity index (χ1n) is 7.36. The first kappa shape index (κ1) is 11.3. The van der Waals surface area contributed by atoms with Crippen molar-refractivity contribution >= 4 is 11.0 Å². The van der Waals surface area contributed by atoms with E-state index < -0.39 is 0 Å². The summed E-state index contributed by atoms with van der Waals surface area (Å²) >= 11 is 0. The first-order valence-corrected chi connectivity index (χ1v) is 7.36. The van der Waals surface area contributed by atoms with Gasteiger partial charge in [0.25, 0.3) is 0 Å². The minimum atomic E-state index is -0.00882. The highest BCUT2D eigenvalue weighted by molar-refractivity contribution is 5.82. The molecule has 0 saturated heterocycles. The van der Waals surface area contributed by atoms with Crippen LogP contribution in [0.5, 0.6) is 0 Å². The Labute approximate surface area is 111 Å². The Morgan fingerprint density at radius 1 is 1.26 bits per heavy atom. The molecule has 4 heteroatoms. The van der Waals surface area contributed by atoms with Crippen molar-refractivity contribution in [3.8, 4) is 0 Å². The zero-order chi connectivity index (χ0) is 13.0. The summed E-state index contributed by atoms with van der Waals surface area (Å²) in [5.74, 6) is 0.588. The quantitative estimate of drug-likeness (QED) is 0.899. The fourth-order valence-electron chi connectivity index (χ4n) is 3.54. The Bertz CT molecular complexity index is 687. The highest BCUT2D eigenvalue weighted by atomic mass is 16.1. The summed E-state index contributed by atoms with van der Waals surface area (Å²) in [4.78, 5) is 14.7. The summed E-state index contributed by atoms with van der Waals surface area (Å²) in [7, 11) is 0. The first-order chi connectivity index (χ1) is 9.24. The molecule has 2 heterocycles. The second-order valence-electron chi connectivity index (χ2n) is 6.06. The molecule has 0 unspecified atom stereocenters. The molecule has 0 atom stereocenters. The molecule has 2 aromatic rings. The van der Waals surface area contributed by atoms with Gasteiger partial charge in [-0.1, -0.05) is 12.8 Å². The van der Waals surface area contributed by atoms with Gasteiger partial charge in [-0.3, -0.25) is 9.48 Å². The Morgan fingerprint density at radius 2 is 2.00 bits per heavy atom. The number of nitrogens with zero attached hydrogens (tertiary/aromatic N) is 2. The van der Waals surface area contributed by atoms with Crippen LogP contribution >= 0.6 is 0 Å². The van der Waals surface area contributed by atoms with Gasteiger partial charge in [0.2, 0.25) is 5.56 Å². The van der Waals surface area contributed by atoms with E-state index in [1.165, 1.54) is 55.2 Å². The lowest BCUT2D eigenvalue weighted by molar-refractivity contribution is 0.460. The van der Waals surface area contributed by atoms with Gasteiger partial charge in [0.1, 0.15) is 0 Å². The van der Waals surface area contributed by atoms with Crippen LogP contribution in [0, 0.1) is 6.92 Å². The zero-order valence-corrected chi connectivity index (χ0v) is 11.3. The molecule has 2 aliphatic carbocycles. The lowest BCUT2D eigenvalue weighted by Gasteiger charge is -2.11. The van der Waals surface area contributed by atoms with Gasteiger partial charge in [0.15, 0.2) is 5.65 Å². The lowest BCUT2D eigenvalue weighted by Crippen LogP contribution is -2.08. The van der Waals surface area contributed by atoms with Gasteiger partial charge in [0.05, 0.1) is 6.04 Å². The van der Waals surface area contributed by atoms with Gasteiger partial charge < -0.3 is 4.98 Å². The summed E-state index contributed by atoms with van der Waals surface area (Å²) in [5.41, 5.74) is 3.24. The van der Waals surface area contributed by atoms with Gasteiger partial charge in [-0.15, -0.1) is 0 Å². The maximum absolute atomic E-state index is 11.8. The number of hydrogen-bond acceptors (Lipinski definition) is 2. The van der Waals surface area contributed by atoms with Crippen LogP contribution in [0.25, 0.3) is 11.0 Å². The molecule has 100 valence electrons. The van der Waals surface area contributed by atoms with Crippen LogP contribution in [-0.2, 0) is 0 Å². The Hall–Kier alpha value is -1.58. The molecule has 2 saturated carbocycles. The fraction of sp³-hybridized carbons (Fsp3) is 0.600. The SMILES string of the molecule is Cc1c2c(C3CC3)cc(=O)[nH]c2nn1C1CCCC1. The van der Waals surface area contributed by atoms with E-state index in [2.05, 4.69) is 21.7 Å². The van der Waals surface area contributed by atoms with Gasteiger partial charge in [-0.2, -0.15) is 5.10 Å². The van der Waals surface area contributed by atoms with Crippen molar-refractivity contribution in [2.45, 2.75) is 57.4 Å². The molecule has 2 aliphatic rings. The molecule has 19 heavy (non-hydrogen) atoms. The van der Waals surface area contributed by atoms with E-state index >= 15 is 0 Å². The third-order valence-corrected chi connectivity index (χ3v) is 4.65. The largest absolute Gasteiger partial charge is 0.305 e. The summed E-state index contributed by atoms with van der Waals surface area (Å²) in [6.45, 7) is 2.15. The Balaban J connectivity index is 1.95. The number of aryl methyl sites for hydroxylation is 1. The molecular formula is C15H19N3O. The topological polar surface area (TPSA) is 50.7 Å². The predicted octanol–water partition coefficient (Wildman–Crippen LogP) is 3.03. The zero-order valence-electron chi connectivity index (χ0n) is 11.3. The van der Waals surface area contributed by atoms with E-state index in [9.17, 15) is 4.79 Å². The van der Waals surface area contributed by atoms with E-state index in [-0.39, 0.29) is 5.56 Å². The maximum Gasteiger partial charge on any atom is 0.249 e. The van der Waals surface area contributed by atoms with E-state index in [0.717, 1.165) is 5.65 Å². The van der Waals surface area contributed by atoms with Gasteiger partial charge in [-0.05, 0) is 44.1 Å². The standard InChI is InChI=1S/C15H19N3O/c1-9-14-12(10-6-7-10)8-13(19)16-15(14)17-18(9)11-4-2-3-5-11/h8,10-11H,2-7H2,1H3,(H,16,17,19). The number of aromatic nitrogens is 3. The van der Waals surface area contributed by atoms with E-state index in [1.54, 1.807) is 6.07 Å². The highest BCUT2D eigenvalue weighted by Gasteiger charge is 2.29. The van der Waals surface area contributed by atoms with Crippen molar-refractivity contribution in [2.24, 2.45) is 0 Å².